The van der Waals surface area contributed by atoms with Gasteiger partial charge in [-0.15, -0.1) is 0 Å². The van der Waals surface area contributed by atoms with E-state index in [4.69, 9.17) is 0 Å². The summed E-state index contributed by atoms with van der Waals surface area (Å²) in [6.45, 7) is 4.82. The molecule has 7 nitrogen and oxygen atoms in total. The number of amides is 1. The van der Waals surface area contributed by atoms with Crippen molar-refractivity contribution in [3.05, 3.63) is 39.9 Å². The topological polar surface area (TPSA) is 97.6 Å². The maximum absolute atomic E-state index is 12.4. The van der Waals surface area contributed by atoms with E-state index in [0.717, 1.165) is 0 Å². The van der Waals surface area contributed by atoms with Gasteiger partial charge in [-0.05, 0) is 25.8 Å². The van der Waals surface area contributed by atoms with Gasteiger partial charge in [0.25, 0.3) is 5.69 Å². The highest BCUT2D eigenvalue weighted by Gasteiger charge is 2.31. The molecule has 0 bridgehead atoms. The molecule has 0 aromatic heterocycles. The van der Waals surface area contributed by atoms with Gasteiger partial charge in [0.2, 0.25) is 5.91 Å². The Morgan fingerprint density at radius 3 is 2.48 bits per heavy atom. The van der Waals surface area contributed by atoms with Gasteiger partial charge in [0.05, 0.1) is 16.7 Å². The fourth-order valence-corrected chi connectivity index (χ4v) is 3.61. The molecule has 0 spiro atoms. The Labute approximate surface area is 136 Å². The van der Waals surface area contributed by atoms with Crippen LogP contribution in [0.5, 0.6) is 0 Å². The van der Waals surface area contributed by atoms with Crippen molar-refractivity contribution in [2.75, 3.05) is 12.8 Å². The van der Waals surface area contributed by atoms with E-state index in [-0.39, 0.29) is 11.4 Å². The molecular weight excluding hydrogens is 320 g/mol. The first-order valence-electron chi connectivity index (χ1n) is 7.34. The van der Waals surface area contributed by atoms with Crippen molar-refractivity contribution < 1.29 is 18.1 Å². The minimum Gasteiger partial charge on any atom is -0.338 e. The zero-order valence-corrected chi connectivity index (χ0v) is 14.5. The minimum absolute atomic E-state index is 0.0427. The summed E-state index contributed by atoms with van der Waals surface area (Å²) in [5, 5.41) is 9.71. The Bertz CT molecular complexity index is 687. The summed E-state index contributed by atoms with van der Waals surface area (Å²) < 4.78 is 24.1. The van der Waals surface area contributed by atoms with Crippen molar-refractivity contribution >= 4 is 21.4 Å². The number of hydrogen-bond acceptors (Lipinski definition) is 5. The van der Waals surface area contributed by atoms with Crippen molar-refractivity contribution in [3.63, 3.8) is 0 Å². The van der Waals surface area contributed by atoms with E-state index in [1.54, 1.807) is 26.0 Å². The number of nitro benzene ring substituents is 1. The molecule has 0 fully saturated rings. The van der Waals surface area contributed by atoms with Crippen LogP contribution in [0, 0.1) is 10.1 Å². The van der Waals surface area contributed by atoms with Gasteiger partial charge in [0.1, 0.15) is 5.25 Å². The van der Waals surface area contributed by atoms with E-state index in [0.29, 0.717) is 12.0 Å². The molecule has 0 unspecified atom stereocenters. The lowest BCUT2D eigenvalue weighted by Crippen LogP contribution is -2.41. The first-order chi connectivity index (χ1) is 10.6. The van der Waals surface area contributed by atoms with E-state index in [9.17, 15) is 23.3 Å². The molecule has 1 amide bonds. The van der Waals surface area contributed by atoms with Gasteiger partial charge in [0, 0.05) is 19.2 Å². The minimum atomic E-state index is -3.49. The lowest BCUT2D eigenvalue weighted by molar-refractivity contribution is -0.384. The average Bonchev–Trinajstić information content (AvgIpc) is 2.52. The van der Waals surface area contributed by atoms with E-state index >= 15 is 0 Å². The van der Waals surface area contributed by atoms with Gasteiger partial charge < -0.3 is 4.90 Å². The molecule has 0 aliphatic carbocycles. The predicted octanol–water partition coefficient (Wildman–Crippen LogP) is 2.33. The zero-order chi connectivity index (χ0) is 17.8. The third kappa shape index (κ3) is 4.51. The molecule has 23 heavy (non-hydrogen) atoms. The number of carbonyl (C=O) groups is 1. The van der Waals surface area contributed by atoms with Crippen LogP contribution in [-0.4, -0.2) is 42.2 Å². The highest BCUT2D eigenvalue weighted by Crippen LogP contribution is 2.24. The van der Waals surface area contributed by atoms with Gasteiger partial charge in [0.15, 0.2) is 9.84 Å². The molecule has 0 heterocycles. The zero-order valence-electron chi connectivity index (χ0n) is 13.7. The summed E-state index contributed by atoms with van der Waals surface area (Å²) in [4.78, 5) is 24.1. The van der Waals surface area contributed by atoms with E-state index in [1.807, 2.05) is 0 Å². The Balaban J connectivity index is 3.00. The Morgan fingerprint density at radius 2 is 1.96 bits per heavy atom. The molecule has 0 aliphatic heterocycles. The van der Waals surface area contributed by atoms with Crippen LogP contribution in [0.4, 0.5) is 5.69 Å². The first-order valence-corrected chi connectivity index (χ1v) is 9.06. The summed E-state index contributed by atoms with van der Waals surface area (Å²) in [6, 6.07) is 5.50. The Morgan fingerprint density at radius 1 is 1.35 bits per heavy atom. The summed E-state index contributed by atoms with van der Waals surface area (Å²) >= 11 is 0. The van der Waals surface area contributed by atoms with Gasteiger partial charge >= 0.3 is 0 Å². The van der Waals surface area contributed by atoms with Crippen molar-refractivity contribution in [2.24, 2.45) is 0 Å². The van der Waals surface area contributed by atoms with Crippen LogP contribution in [0.1, 0.15) is 38.8 Å². The molecule has 0 saturated heterocycles. The van der Waals surface area contributed by atoms with Crippen LogP contribution in [0.25, 0.3) is 0 Å². The highest BCUT2D eigenvalue weighted by atomic mass is 32.2. The molecule has 1 rings (SSSR count). The molecule has 0 N–H and O–H groups in total. The first kappa shape index (κ1) is 19.1. The predicted molar refractivity (Wildman–Crippen MR) is 87.8 cm³/mol. The van der Waals surface area contributed by atoms with Crippen LogP contribution in [-0.2, 0) is 14.6 Å². The van der Waals surface area contributed by atoms with Crippen LogP contribution < -0.4 is 0 Å². The van der Waals surface area contributed by atoms with Crippen LogP contribution >= 0.6 is 0 Å². The number of sulfone groups is 1. The highest BCUT2D eigenvalue weighted by molar-refractivity contribution is 7.92. The second-order valence-corrected chi connectivity index (χ2v) is 7.93. The van der Waals surface area contributed by atoms with Crippen molar-refractivity contribution in [1.29, 1.82) is 0 Å². The van der Waals surface area contributed by atoms with Gasteiger partial charge in [-0.2, -0.15) is 0 Å². The molecule has 2 atom stereocenters. The van der Waals surface area contributed by atoms with Crippen molar-refractivity contribution in [3.8, 4) is 0 Å². The molecule has 1 aromatic carbocycles. The lowest BCUT2D eigenvalue weighted by Gasteiger charge is -2.27. The monoisotopic (exact) mass is 342 g/mol. The number of hydrogen-bond donors (Lipinski definition) is 0. The van der Waals surface area contributed by atoms with Gasteiger partial charge in [-0.3, -0.25) is 14.9 Å². The Hall–Kier alpha value is -1.96. The van der Waals surface area contributed by atoms with Crippen molar-refractivity contribution in [2.45, 2.75) is 38.5 Å². The van der Waals surface area contributed by atoms with E-state index in [1.165, 1.54) is 31.0 Å². The number of rotatable bonds is 7. The molecule has 0 aliphatic rings. The second kappa shape index (κ2) is 7.54. The fourth-order valence-electron chi connectivity index (χ4n) is 2.21. The normalized spacial score (nSPS) is 14.1. The van der Waals surface area contributed by atoms with Gasteiger partial charge in [-0.25, -0.2) is 8.42 Å². The molecular formula is C15H22N2O5S. The number of benzene rings is 1. The maximum atomic E-state index is 12.4. The summed E-state index contributed by atoms with van der Waals surface area (Å²) in [5.74, 6) is -0.559. The van der Waals surface area contributed by atoms with Crippen LogP contribution in [0.3, 0.4) is 0 Å². The lowest BCUT2D eigenvalue weighted by atomic mass is 10.1. The van der Waals surface area contributed by atoms with E-state index in [2.05, 4.69) is 0 Å². The summed E-state index contributed by atoms with van der Waals surface area (Å²) in [6.07, 6.45) is 0.449. The average molecular weight is 342 g/mol. The quantitative estimate of drug-likeness (QED) is 0.559. The van der Waals surface area contributed by atoms with E-state index < -0.39 is 32.0 Å². The maximum Gasteiger partial charge on any atom is 0.269 e. The third-order valence-corrected chi connectivity index (χ3v) is 6.12. The van der Waals surface area contributed by atoms with Crippen LogP contribution in [0.2, 0.25) is 0 Å². The number of non-ortho nitro benzene ring substituents is 1. The SMILES string of the molecule is CCCS(=O)(=O)[C@H](C)C(=O)N(C)[C@@H](C)c1cccc([N+](=O)[O-])c1. The smallest absolute Gasteiger partial charge is 0.269 e. The molecule has 0 radical (unpaired) electrons. The third-order valence-electron chi connectivity index (χ3n) is 3.87. The van der Waals surface area contributed by atoms with Gasteiger partial charge in [-0.1, -0.05) is 19.1 Å². The number of carbonyl (C=O) groups excluding carboxylic acids is 1. The fraction of sp³-hybridized carbons (Fsp3) is 0.533. The van der Waals surface area contributed by atoms with Crippen LogP contribution in [0.15, 0.2) is 24.3 Å². The summed E-state index contributed by atoms with van der Waals surface area (Å²) in [7, 11) is -1.99. The van der Waals surface area contributed by atoms with Crippen molar-refractivity contribution in [1.82, 2.24) is 4.90 Å². The summed E-state index contributed by atoms with van der Waals surface area (Å²) in [5.41, 5.74) is 0.511. The molecule has 8 heteroatoms. The molecule has 1 aromatic rings. The Kier molecular flexibility index (Phi) is 6.26. The molecule has 128 valence electrons. The molecule has 0 saturated carbocycles. The number of nitrogens with zero attached hydrogens (tertiary/aromatic N) is 2. The largest absolute Gasteiger partial charge is 0.338 e. The standard InChI is InChI=1S/C15H22N2O5S/c1-5-9-23(21,22)12(3)15(18)16(4)11(2)13-7-6-8-14(10-13)17(19)20/h6-8,10-12H,5,9H2,1-4H3/t11-,12+/m0/s1. The second-order valence-electron chi connectivity index (χ2n) is 5.49. The number of nitro groups is 1.